The summed E-state index contributed by atoms with van der Waals surface area (Å²) in [5.41, 5.74) is 2.03. The molecule has 0 radical (unpaired) electrons. The van der Waals surface area contributed by atoms with Gasteiger partial charge in [-0.2, -0.15) is 5.26 Å². The smallest absolute Gasteiger partial charge is 0.270 e. The van der Waals surface area contributed by atoms with Crippen molar-refractivity contribution in [3.05, 3.63) is 53.9 Å². The Kier molecular flexibility index (Phi) is 4.17. The molecule has 0 aliphatic carbocycles. The van der Waals surface area contributed by atoms with Gasteiger partial charge in [-0.25, -0.2) is 0 Å². The molecular weight excluding hydrogens is 328 g/mol. The molecule has 3 heterocycles. The Bertz CT molecular complexity index is 869. The van der Waals surface area contributed by atoms with Crippen LogP contribution in [0.2, 0.25) is 0 Å². The van der Waals surface area contributed by atoms with E-state index in [1.807, 2.05) is 53.0 Å². The molecule has 1 aromatic heterocycles. The lowest BCUT2D eigenvalue weighted by Gasteiger charge is -2.23. The van der Waals surface area contributed by atoms with E-state index in [4.69, 9.17) is 10.00 Å². The molecule has 1 N–H and O–H groups in total. The molecule has 2 aliphatic heterocycles. The molecule has 2 aromatic rings. The molecule has 6 heteroatoms. The number of amides is 1. The zero-order chi connectivity index (χ0) is 18.1. The number of nitrogens with zero attached hydrogens (tertiary/aromatic N) is 3. The minimum Gasteiger partial charge on any atom is -0.380 e. The van der Waals surface area contributed by atoms with Crippen molar-refractivity contribution in [2.24, 2.45) is 7.05 Å². The standard InChI is InChI=1S/C20H22N4O2/c1-23-8-3-6-18(23)19(25)24-9-7-20(14-24)11-17(13-26-20)22-16-5-2-4-15(10-16)12-21/h2-6,8,10,17,22H,7,9,11,13-14H2,1H3/t17-,20+/m1/s1. The minimum absolute atomic E-state index is 0.0658. The van der Waals surface area contributed by atoms with Crippen molar-refractivity contribution < 1.29 is 9.53 Å². The average Bonchev–Trinajstić information content (AvgIpc) is 3.36. The van der Waals surface area contributed by atoms with E-state index in [0.29, 0.717) is 24.4 Å². The highest BCUT2D eigenvalue weighted by atomic mass is 16.5. The normalized spacial score (nSPS) is 24.8. The van der Waals surface area contributed by atoms with Crippen LogP contribution in [0, 0.1) is 11.3 Å². The van der Waals surface area contributed by atoms with E-state index in [0.717, 1.165) is 25.1 Å². The van der Waals surface area contributed by atoms with E-state index in [2.05, 4.69) is 11.4 Å². The number of anilines is 1. The maximum Gasteiger partial charge on any atom is 0.270 e. The van der Waals surface area contributed by atoms with Gasteiger partial charge in [0.05, 0.1) is 36.4 Å². The Hall–Kier alpha value is -2.78. The lowest BCUT2D eigenvalue weighted by atomic mass is 9.97. The van der Waals surface area contributed by atoms with Crippen molar-refractivity contribution in [1.82, 2.24) is 9.47 Å². The number of aromatic nitrogens is 1. The largest absolute Gasteiger partial charge is 0.380 e. The topological polar surface area (TPSA) is 70.3 Å². The van der Waals surface area contributed by atoms with Gasteiger partial charge in [0.15, 0.2) is 0 Å². The quantitative estimate of drug-likeness (QED) is 0.923. The number of hydrogen-bond donors (Lipinski definition) is 1. The van der Waals surface area contributed by atoms with Gasteiger partial charge in [0.2, 0.25) is 0 Å². The number of rotatable bonds is 3. The predicted molar refractivity (Wildman–Crippen MR) is 97.8 cm³/mol. The van der Waals surface area contributed by atoms with Gasteiger partial charge in [0, 0.05) is 31.9 Å². The number of carbonyl (C=O) groups excluding carboxylic acids is 1. The lowest BCUT2D eigenvalue weighted by molar-refractivity contribution is 0.0124. The fourth-order valence-electron chi connectivity index (χ4n) is 4.00. The summed E-state index contributed by atoms with van der Waals surface area (Å²) in [5, 5.41) is 12.5. The molecule has 0 unspecified atom stereocenters. The van der Waals surface area contributed by atoms with Gasteiger partial charge in [0.25, 0.3) is 5.91 Å². The summed E-state index contributed by atoms with van der Waals surface area (Å²) in [6.45, 7) is 1.97. The van der Waals surface area contributed by atoms with Crippen LogP contribution in [0.5, 0.6) is 0 Å². The highest BCUT2D eigenvalue weighted by Crippen LogP contribution is 2.36. The first-order valence-corrected chi connectivity index (χ1v) is 8.90. The highest BCUT2D eigenvalue weighted by Gasteiger charge is 2.47. The van der Waals surface area contributed by atoms with E-state index < -0.39 is 0 Å². The number of hydrogen-bond acceptors (Lipinski definition) is 4. The first-order valence-electron chi connectivity index (χ1n) is 8.90. The second-order valence-corrected chi connectivity index (χ2v) is 7.21. The first kappa shape index (κ1) is 16.7. The van der Waals surface area contributed by atoms with Crippen molar-refractivity contribution >= 4 is 11.6 Å². The van der Waals surface area contributed by atoms with Crippen LogP contribution in [0.4, 0.5) is 5.69 Å². The number of likely N-dealkylation sites (tertiary alicyclic amines) is 1. The summed E-state index contributed by atoms with van der Waals surface area (Å²) >= 11 is 0. The van der Waals surface area contributed by atoms with Gasteiger partial charge in [-0.3, -0.25) is 4.79 Å². The fourth-order valence-corrected chi connectivity index (χ4v) is 4.00. The maximum absolute atomic E-state index is 12.7. The molecule has 134 valence electrons. The summed E-state index contributed by atoms with van der Waals surface area (Å²) in [5.74, 6) is 0.0658. The van der Waals surface area contributed by atoms with E-state index in [-0.39, 0.29) is 17.6 Å². The molecule has 1 aromatic carbocycles. The van der Waals surface area contributed by atoms with Gasteiger partial charge in [-0.05, 0) is 36.8 Å². The molecular formula is C20H22N4O2. The molecule has 1 spiro atoms. The SMILES string of the molecule is Cn1cccc1C(=O)N1CC[C@]2(C[C@@H](Nc3cccc(C#N)c3)CO2)C1. The van der Waals surface area contributed by atoms with Crippen molar-refractivity contribution in [2.45, 2.75) is 24.5 Å². The van der Waals surface area contributed by atoms with E-state index >= 15 is 0 Å². The maximum atomic E-state index is 12.7. The van der Waals surface area contributed by atoms with E-state index in [1.165, 1.54) is 0 Å². The Morgan fingerprint density at radius 1 is 1.38 bits per heavy atom. The third kappa shape index (κ3) is 3.06. The molecule has 26 heavy (non-hydrogen) atoms. The molecule has 2 aliphatic rings. The zero-order valence-corrected chi connectivity index (χ0v) is 14.8. The second-order valence-electron chi connectivity index (χ2n) is 7.21. The lowest BCUT2D eigenvalue weighted by Crippen LogP contribution is -2.36. The van der Waals surface area contributed by atoms with E-state index in [1.54, 1.807) is 6.07 Å². The Morgan fingerprint density at radius 3 is 3.04 bits per heavy atom. The number of aryl methyl sites for hydroxylation is 1. The highest BCUT2D eigenvalue weighted by molar-refractivity contribution is 5.93. The summed E-state index contributed by atoms with van der Waals surface area (Å²) in [7, 11) is 1.89. The van der Waals surface area contributed by atoms with Gasteiger partial charge in [-0.1, -0.05) is 6.07 Å². The molecule has 6 nitrogen and oxygen atoms in total. The summed E-state index contributed by atoms with van der Waals surface area (Å²) in [6, 6.07) is 13.6. The monoisotopic (exact) mass is 350 g/mol. The second kappa shape index (κ2) is 6.50. The van der Waals surface area contributed by atoms with Crippen LogP contribution in [0.25, 0.3) is 0 Å². The number of benzene rings is 1. The van der Waals surface area contributed by atoms with E-state index in [9.17, 15) is 4.79 Å². The Labute approximate surface area is 153 Å². The van der Waals surface area contributed by atoms with Crippen molar-refractivity contribution in [1.29, 1.82) is 5.26 Å². The van der Waals surface area contributed by atoms with Crippen LogP contribution < -0.4 is 5.32 Å². The van der Waals surface area contributed by atoms with Gasteiger partial charge in [0.1, 0.15) is 5.69 Å². The summed E-state index contributed by atoms with van der Waals surface area (Å²) in [6.07, 6.45) is 3.61. The summed E-state index contributed by atoms with van der Waals surface area (Å²) < 4.78 is 8.00. The molecule has 2 saturated heterocycles. The van der Waals surface area contributed by atoms with Gasteiger partial charge in [-0.15, -0.1) is 0 Å². The molecule has 0 saturated carbocycles. The number of nitriles is 1. The van der Waals surface area contributed by atoms with Crippen LogP contribution in [-0.2, 0) is 11.8 Å². The average molecular weight is 350 g/mol. The summed E-state index contributed by atoms with van der Waals surface area (Å²) in [4.78, 5) is 14.6. The van der Waals surface area contributed by atoms with Gasteiger partial charge < -0.3 is 19.5 Å². The molecule has 0 bridgehead atoms. The van der Waals surface area contributed by atoms with Gasteiger partial charge >= 0.3 is 0 Å². The van der Waals surface area contributed by atoms with Crippen LogP contribution in [0.3, 0.4) is 0 Å². The third-order valence-electron chi connectivity index (χ3n) is 5.34. The third-order valence-corrected chi connectivity index (χ3v) is 5.34. The van der Waals surface area contributed by atoms with Crippen molar-refractivity contribution in [2.75, 3.05) is 25.0 Å². The molecule has 2 fully saturated rings. The minimum atomic E-state index is -0.259. The molecule has 2 atom stereocenters. The van der Waals surface area contributed by atoms with Crippen LogP contribution in [0.1, 0.15) is 28.9 Å². The van der Waals surface area contributed by atoms with Crippen LogP contribution >= 0.6 is 0 Å². The number of nitrogens with one attached hydrogen (secondary N) is 1. The first-order chi connectivity index (χ1) is 12.6. The predicted octanol–water partition coefficient (Wildman–Crippen LogP) is 2.38. The Morgan fingerprint density at radius 2 is 2.27 bits per heavy atom. The number of carbonyl (C=O) groups is 1. The van der Waals surface area contributed by atoms with Crippen molar-refractivity contribution in [3.63, 3.8) is 0 Å². The van der Waals surface area contributed by atoms with Crippen LogP contribution in [0.15, 0.2) is 42.6 Å². The van der Waals surface area contributed by atoms with Crippen LogP contribution in [-0.4, -0.2) is 46.7 Å². The fraction of sp³-hybridized carbons (Fsp3) is 0.400. The zero-order valence-electron chi connectivity index (χ0n) is 14.8. The molecule has 1 amide bonds. The Balaban J connectivity index is 1.40. The molecule has 4 rings (SSSR count). The number of ether oxygens (including phenoxy) is 1. The van der Waals surface area contributed by atoms with Crippen molar-refractivity contribution in [3.8, 4) is 6.07 Å².